The van der Waals surface area contributed by atoms with Crippen molar-refractivity contribution in [2.24, 2.45) is 5.92 Å². The molecule has 84 valence electrons. The summed E-state index contributed by atoms with van der Waals surface area (Å²) < 4.78 is 4.89. The zero-order valence-corrected chi connectivity index (χ0v) is 8.90. The SMILES string of the molecule is CCC(C)OC(=O)C(CCC#N)C(=O)O. The van der Waals surface area contributed by atoms with Crippen molar-refractivity contribution in [1.29, 1.82) is 5.26 Å². The average Bonchev–Trinajstić information content (AvgIpc) is 2.17. The maximum absolute atomic E-state index is 11.3. The summed E-state index contributed by atoms with van der Waals surface area (Å²) in [6, 6.07) is 1.80. The Morgan fingerprint density at radius 3 is 2.53 bits per heavy atom. The molecule has 0 amide bonds. The molecule has 0 aliphatic rings. The lowest BCUT2D eigenvalue weighted by molar-refractivity contribution is -0.162. The largest absolute Gasteiger partial charge is 0.481 e. The highest BCUT2D eigenvalue weighted by Crippen LogP contribution is 2.11. The Morgan fingerprint density at radius 1 is 1.53 bits per heavy atom. The van der Waals surface area contributed by atoms with E-state index in [-0.39, 0.29) is 18.9 Å². The Labute approximate surface area is 88.6 Å². The second kappa shape index (κ2) is 6.82. The number of carbonyl (C=O) groups excluding carboxylic acids is 1. The van der Waals surface area contributed by atoms with Gasteiger partial charge in [-0.25, -0.2) is 0 Å². The lowest BCUT2D eigenvalue weighted by atomic mass is 10.0. The van der Waals surface area contributed by atoms with Crippen LogP contribution in [0.25, 0.3) is 0 Å². The van der Waals surface area contributed by atoms with Gasteiger partial charge in [-0.05, 0) is 19.8 Å². The fraction of sp³-hybridized carbons (Fsp3) is 0.700. The van der Waals surface area contributed by atoms with Gasteiger partial charge in [0, 0.05) is 6.42 Å². The topological polar surface area (TPSA) is 87.4 Å². The number of nitriles is 1. The van der Waals surface area contributed by atoms with Crippen LogP contribution in [0.3, 0.4) is 0 Å². The molecule has 0 fully saturated rings. The summed E-state index contributed by atoms with van der Waals surface area (Å²) in [6.45, 7) is 3.53. The molecule has 0 aromatic heterocycles. The molecular weight excluding hydrogens is 198 g/mol. The van der Waals surface area contributed by atoms with Crippen molar-refractivity contribution < 1.29 is 19.4 Å². The van der Waals surface area contributed by atoms with Gasteiger partial charge in [-0.3, -0.25) is 9.59 Å². The van der Waals surface area contributed by atoms with Crippen LogP contribution in [0.1, 0.15) is 33.1 Å². The van der Waals surface area contributed by atoms with E-state index in [2.05, 4.69) is 0 Å². The van der Waals surface area contributed by atoms with Gasteiger partial charge in [-0.2, -0.15) is 5.26 Å². The molecule has 0 aliphatic heterocycles. The standard InChI is InChI=1S/C10H15NO4/c1-3-7(2)15-10(14)8(9(12)13)5-4-6-11/h7-8H,3-5H2,1-2H3,(H,12,13). The van der Waals surface area contributed by atoms with Crippen LogP contribution in [-0.2, 0) is 14.3 Å². The van der Waals surface area contributed by atoms with E-state index in [1.807, 2.05) is 6.92 Å². The molecule has 5 heteroatoms. The summed E-state index contributed by atoms with van der Waals surface area (Å²) >= 11 is 0. The highest BCUT2D eigenvalue weighted by Gasteiger charge is 2.28. The molecule has 0 aromatic rings. The molecule has 15 heavy (non-hydrogen) atoms. The predicted octanol–water partition coefficient (Wildman–Crippen LogP) is 1.33. The maximum Gasteiger partial charge on any atom is 0.320 e. The van der Waals surface area contributed by atoms with Crippen molar-refractivity contribution >= 4 is 11.9 Å². The van der Waals surface area contributed by atoms with Crippen LogP contribution >= 0.6 is 0 Å². The van der Waals surface area contributed by atoms with Gasteiger partial charge in [0.25, 0.3) is 0 Å². The molecule has 5 nitrogen and oxygen atoms in total. The summed E-state index contributed by atoms with van der Waals surface area (Å²) in [5.74, 6) is -3.22. The van der Waals surface area contributed by atoms with E-state index < -0.39 is 17.9 Å². The van der Waals surface area contributed by atoms with Crippen LogP contribution < -0.4 is 0 Å². The molecule has 0 bridgehead atoms. The minimum absolute atomic E-state index is 0.00109. The summed E-state index contributed by atoms with van der Waals surface area (Å²) in [5, 5.41) is 17.1. The van der Waals surface area contributed by atoms with Gasteiger partial charge in [-0.15, -0.1) is 0 Å². The van der Waals surface area contributed by atoms with Crippen LogP contribution in [0.4, 0.5) is 0 Å². The molecule has 2 atom stereocenters. The third kappa shape index (κ3) is 5.01. The first-order valence-corrected chi connectivity index (χ1v) is 4.83. The first kappa shape index (κ1) is 13.4. The van der Waals surface area contributed by atoms with Gasteiger partial charge >= 0.3 is 11.9 Å². The smallest absolute Gasteiger partial charge is 0.320 e. The molecule has 0 aliphatic carbocycles. The molecule has 0 saturated carbocycles. The van der Waals surface area contributed by atoms with E-state index in [1.54, 1.807) is 13.0 Å². The first-order chi connectivity index (χ1) is 7.02. The van der Waals surface area contributed by atoms with Crippen LogP contribution in [-0.4, -0.2) is 23.1 Å². The average molecular weight is 213 g/mol. The number of hydrogen-bond donors (Lipinski definition) is 1. The first-order valence-electron chi connectivity index (χ1n) is 4.83. The zero-order valence-electron chi connectivity index (χ0n) is 8.90. The van der Waals surface area contributed by atoms with Crippen molar-refractivity contribution in [3.63, 3.8) is 0 Å². The maximum atomic E-state index is 11.3. The Bertz CT molecular complexity index is 269. The highest BCUT2D eigenvalue weighted by molar-refractivity contribution is 5.93. The number of hydrogen-bond acceptors (Lipinski definition) is 4. The lowest BCUT2D eigenvalue weighted by Crippen LogP contribution is -2.28. The zero-order chi connectivity index (χ0) is 11.8. The Kier molecular flexibility index (Phi) is 6.11. The molecule has 1 N–H and O–H groups in total. The van der Waals surface area contributed by atoms with Crippen molar-refractivity contribution in [2.45, 2.75) is 39.2 Å². The minimum Gasteiger partial charge on any atom is -0.481 e. The number of carbonyl (C=O) groups is 2. The molecule has 0 spiro atoms. The van der Waals surface area contributed by atoms with Crippen molar-refractivity contribution in [3.05, 3.63) is 0 Å². The fourth-order valence-electron chi connectivity index (χ4n) is 0.915. The fourth-order valence-corrected chi connectivity index (χ4v) is 0.915. The van der Waals surface area contributed by atoms with E-state index >= 15 is 0 Å². The van der Waals surface area contributed by atoms with Gasteiger partial charge in [-0.1, -0.05) is 6.92 Å². The van der Waals surface area contributed by atoms with Crippen LogP contribution in [0.15, 0.2) is 0 Å². The van der Waals surface area contributed by atoms with Gasteiger partial charge in [0.05, 0.1) is 12.2 Å². The van der Waals surface area contributed by atoms with E-state index in [0.29, 0.717) is 6.42 Å². The number of nitrogens with zero attached hydrogens (tertiary/aromatic N) is 1. The molecule has 0 aromatic carbocycles. The molecule has 0 heterocycles. The monoisotopic (exact) mass is 213 g/mol. The van der Waals surface area contributed by atoms with Crippen molar-refractivity contribution in [2.75, 3.05) is 0 Å². The third-order valence-corrected chi connectivity index (χ3v) is 2.02. The molecule has 0 rings (SSSR count). The number of rotatable bonds is 6. The summed E-state index contributed by atoms with van der Waals surface area (Å²) in [7, 11) is 0. The van der Waals surface area contributed by atoms with Crippen molar-refractivity contribution in [1.82, 2.24) is 0 Å². The molecular formula is C10H15NO4. The lowest BCUT2D eigenvalue weighted by Gasteiger charge is -2.14. The molecule has 2 unspecified atom stereocenters. The number of carboxylic acids is 1. The van der Waals surface area contributed by atoms with Crippen LogP contribution in [0.5, 0.6) is 0 Å². The van der Waals surface area contributed by atoms with Crippen LogP contribution in [0.2, 0.25) is 0 Å². The highest BCUT2D eigenvalue weighted by atomic mass is 16.5. The quantitative estimate of drug-likeness (QED) is 0.531. The number of ether oxygens (including phenoxy) is 1. The van der Waals surface area contributed by atoms with E-state index in [9.17, 15) is 9.59 Å². The number of aliphatic carboxylic acids is 1. The van der Waals surface area contributed by atoms with Gasteiger partial charge in [0.15, 0.2) is 5.92 Å². The van der Waals surface area contributed by atoms with Gasteiger partial charge in [0.1, 0.15) is 0 Å². The summed E-state index contributed by atoms with van der Waals surface area (Å²) in [6.07, 6.45) is 0.380. The van der Waals surface area contributed by atoms with Gasteiger partial charge in [0.2, 0.25) is 0 Å². The number of esters is 1. The minimum atomic E-state index is -1.24. The van der Waals surface area contributed by atoms with E-state index in [1.165, 1.54) is 0 Å². The number of carboxylic acid groups (broad SMARTS) is 1. The molecule has 0 radical (unpaired) electrons. The van der Waals surface area contributed by atoms with Crippen LogP contribution in [0, 0.1) is 17.2 Å². The van der Waals surface area contributed by atoms with Crippen molar-refractivity contribution in [3.8, 4) is 6.07 Å². The predicted molar refractivity (Wildman–Crippen MR) is 51.8 cm³/mol. The second-order valence-corrected chi connectivity index (χ2v) is 3.24. The third-order valence-electron chi connectivity index (χ3n) is 2.02. The second-order valence-electron chi connectivity index (χ2n) is 3.24. The van der Waals surface area contributed by atoms with E-state index in [4.69, 9.17) is 15.1 Å². The Morgan fingerprint density at radius 2 is 2.13 bits per heavy atom. The molecule has 0 saturated heterocycles. The van der Waals surface area contributed by atoms with E-state index in [0.717, 1.165) is 0 Å². The normalized spacial score (nSPS) is 13.7. The Hall–Kier alpha value is -1.57. The summed E-state index contributed by atoms with van der Waals surface area (Å²) in [4.78, 5) is 22.1. The summed E-state index contributed by atoms with van der Waals surface area (Å²) in [5.41, 5.74) is 0. The van der Waals surface area contributed by atoms with Gasteiger partial charge < -0.3 is 9.84 Å². The Balaban J connectivity index is 4.30.